The number of aromatic hydroxyl groups is 1. The Kier molecular flexibility index (Phi) is 9.36. The molecule has 0 saturated heterocycles. The van der Waals surface area contributed by atoms with Crippen LogP contribution in [0.5, 0.6) is 5.75 Å². The number of anilines is 1. The minimum Gasteiger partial charge on any atom is -0.506 e. The zero-order chi connectivity index (χ0) is 23.8. The Morgan fingerprint density at radius 1 is 1.27 bits per heavy atom. The van der Waals surface area contributed by atoms with Crippen LogP contribution in [0, 0.1) is 0 Å². The first-order valence-electron chi connectivity index (χ1n) is 9.52. The summed E-state index contributed by atoms with van der Waals surface area (Å²) in [7, 11) is 0. The highest BCUT2D eigenvalue weighted by atomic mass is 79.9. The van der Waals surface area contributed by atoms with Gasteiger partial charge in [-0.15, -0.1) is 16.8 Å². The van der Waals surface area contributed by atoms with Gasteiger partial charge in [-0.05, 0) is 52.3 Å². The number of hydrogen-bond acceptors (Lipinski definition) is 7. The number of phenolic OH excluding ortho intramolecular Hbond substituents is 1. The lowest BCUT2D eigenvalue weighted by Crippen LogP contribution is -2.20. The van der Waals surface area contributed by atoms with Crippen LogP contribution in [0.3, 0.4) is 0 Å². The molecule has 1 amide bonds. The fourth-order valence-electron chi connectivity index (χ4n) is 2.64. The van der Waals surface area contributed by atoms with Crippen LogP contribution in [0.25, 0.3) is 0 Å². The van der Waals surface area contributed by atoms with E-state index in [0.29, 0.717) is 39.1 Å². The number of rotatable bonds is 10. The Morgan fingerprint density at radius 3 is 2.76 bits per heavy atom. The maximum absolute atomic E-state index is 12.2. The molecule has 0 fully saturated rings. The molecule has 33 heavy (non-hydrogen) atoms. The zero-order valence-electron chi connectivity index (χ0n) is 17.1. The molecule has 2 aromatic carbocycles. The molecule has 0 aliphatic carbocycles. The van der Waals surface area contributed by atoms with Crippen LogP contribution in [-0.2, 0) is 17.9 Å². The standard InChI is InChI=1S/C21H19Br2ClN6O2S/c1-2-7-30-18(11-25-16-5-3-15(24)4-6-16)27-29-21(30)33-12-19(31)28-26-10-13-8-14(22)9-17(23)20(13)32/h2-6,8-10,25,32H,1,7,11-12H2,(H,28,31)/b26-10-. The fraction of sp³-hybridized carbons (Fsp3) is 0.143. The monoisotopic (exact) mass is 612 g/mol. The molecular formula is C21H19Br2ClN6O2S. The smallest absolute Gasteiger partial charge is 0.250 e. The summed E-state index contributed by atoms with van der Waals surface area (Å²) in [5, 5.41) is 26.9. The maximum atomic E-state index is 12.2. The van der Waals surface area contributed by atoms with Crippen molar-refractivity contribution in [1.82, 2.24) is 20.2 Å². The summed E-state index contributed by atoms with van der Waals surface area (Å²) in [5.41, 5.74) is 3.80. The van der Waals surface area contributed by atoms with Gasteiger partial charge in [-0.2, -0.15) is 5.10 Å². The first-order valence-corrected chi connectivity index (χ1v) is 12.5. The third kappa shape index (κ3) is 7.32. The van der Waals surface area contributed by atoms with E-state index in [9.17, 15) is 9.90 Å². The van der Waals surface area contributed by atoms with E-state index in [0.717, 1.165) is 10.2 Å². The van der Waals surface area contributed by atoms with Gasteiger partial charge in [-0.1, -0.05) is 45.4 Å². The molecule has 0 saturated carbocycles. The summed E-state index contributed by atoms with van der Waals surface area (Å²) in [6, 6.07) is 10.8. The van der Waals surface area contributed by atoms with Crippen molar-refractivity contribution < 1.29 is 9.90 Å². The molecule has 0 aliphatic rings. The molecule has 0 atom stereocenters. The Bertz CT molecular complexity index is 1170. The zero-order valence-corrected chi connectivity index (χ0v) is 21.9. The molecule has 0 bridgehead atoms. The van der Waals surface area contributed by atoms with Gasteiger partial charge in [0.1, 0.15) is 5.75 Å². The van der Waals surface area contributed by atoms with Crippen molar-refractivity contribution in [2.24, 2.45) is 5.10 Å². The van der Waals surface area contributed by atoms with E-state index < -0.39 is 0 Å². The number of halogens is 3. The summed E-state index contributed by atoms with van der Waals surface area (Å²) < 4.78 is 3.16. The first kappa shape index (κ1) is 25.3. The lowest BCUT2D eigenvalue weighted by molar-refractivity contribution is -0.118. The van der Waals surface area contributed by atoms with Gasteiger partial charge in [0, 0.05) is 27.3 Å². The summed E-state index contributed by atoms with van der Waals surface area (Å²) in [6.45, 7) is 4.74. The highest BCUT2D eigenvalue weighted by molar-refractivity contribution is 9.11. The van der Waals surface area contributed by atoms with Crippen LogP contribution in [-0.4, -0.2) is 37.7 Å². The van der Waals surface area contributed by atoms with Crippen molar-refractivity contribution in [3.05, 3.63) is 74.4 Å². The average Bonchev–Trinajstić information content (AvgIpc) is 3.17. The quantitative estimate of drug-likeness (QED) is 0.126. The molecule has 0 radical (unpaired) electrons. The number of allylic oxidation sites excluding steroid dienone is 1. The van der Waals surface area contributed by atoms with Gasteiger partial charge in [0.25, 0.3) is 5.91 Å². The summed E-state index contributed by atoms with van der Waals surface area (Å²) in [4.78, 5) is 12.2. The molecule has 0 unspecified atom stereocenters. The van der Waals surface area contributed by atoms with E-state index in [2.05, 4.69) is 64.5 Å². The molecule has 3 rings (SSSR count). The number of amides is 1. The van der Waals surface area contributed by atoms with E-state index in [1.165, 1.54) is 18.0 Å². The average molecular weight is 615 g/mol. The van der Waals surface area contributed by atoms with Crippen molar-refractivity contribution in [3.63, 3.8) is 0 Å². The van der Waals surface area contributed by atoms with Gasteiger partial charge in [0.05, 0.1) is 23.0 Å². The molecule has 8 nitrogen and oxygen atoms in total. The van der Waals surface area contributed by atoms with E-state index in [1.54, 1.807) is 30.3 Å². The largest absolute Gasteiger partial charge is 0.506 e. The number of nitrogens with zero attached hydrogens (tertiary/aromatic N) is 4. The van der Waals surface area contributed by atoms with Crippen LogP contribution >= 0.6 is 55.2 Å². The second-order valence-corrected chi connectivity index (χ2v) is 9.71. The molecule has 0 spiro atoms. The predicted molar refractivity (Wildman–Crippen MR) is 139 cm³/mol. The predicted octanol–water partition coefficient (Wildman–Crippen LogP) is 5.20. The number of carbonyl (C=O) groups is 1. The Labute approximate surface area is 216 Å². The SMILES string of the molecule is C=CCn1c(CNc2ccc(Cl)cc2)nnc1SCC(=O)N/N=C\c1cc(Br)cc(Br)c1O. The van der Waals surface area contributed by atoms with Gasteiger partial charge < -0.3 is 15.0 Å². The molecule has 3 N–H and O–H groups in total. The van der Waals surface area contributed by atoms with E-state index in [4.69, 9.17) is 11.6 Å². The summed E-state index contributed by atoms with van der Waals surface area (Å²) in [5.74, 6) is 0.508. The molecular weight excluding hydrogens is 596 g/mol. The number of phenols is 1. The fourth-order valence-corrected chi connectivity index (χ4v) is 4.78. The highest BCUT2D eigenvalue weighted by Gasteiger charge is 2.13. The first-order chi connectivity index (χ1) is 15.9. The van der Waals surface area contributed by atoms with Gasteiger partial charge >= 0.3 is 0 Å². The molecule has 3 aromatic rings. The van der Waals surface area contributed by atoms with Crippen molar-refractivity contribution in [2.45, 2.75) is 18.2 Å². The number of benzene rings is 2. The lowest BCUT2D eigenvalue weighted by Gasteiger charge is -2.09. The number of thioether (sulfide) groups is 1. The maximum Gasteiger partial charge on any atom is 0.250 e. The van der Waals surface area contributed by atoms with Crippen LogP contribution in [0.1, 0.15) is 11.4 Å². The molecule has 172 valence electrons. The number of hydrazone groups is 1. The van der Waals surface area contributed by atoms with Crippen molar-refractivity contribution in [1.29, 1.82) is 0 Å². The van der Waals surface area contributed by atoms with E-state index in [1.807, 2.05) is 16.7 Å². The lowest BCUT2D eigenvalue weighted by atomic mass is 10.2. The topological polar surface area (TPSA) is 104 Å². The van der Waals surface area contributed by atoms with E-state index >= 15 is 0 Å². The van der Waals surface area contributed by atoms with Gasteiger partial charge in [-0.3, -0.25) is 4.79 Å². The number of nitrogens with one attached hydrogen (secondary N) is 2. The minimum absolute atomic E-state index is 0.0304. The van der Waals surface area contributed by atoms with Crippen LogP contribution in [0.2, 0.25) is 5.02 Å². The number of aromatic nitrogens is 3. The van der Waals surface area contributed by atoms with Crippen LogP contribution in [0.15, 0.2) is 68.3 Å². The van der Waals surface area contributed by atoms with Gasteiger partial charge in [-0.25, -0.2) is 5.43 Å². The van der Waals surface area contributed by atoms with E-state index in [-0.39, 0.29) is 17.4 Å². The number of hydrogen-bond donors (Lipinski definition) is 3. The van der Waals surface area contributed by atoms with Crippen LogP contribution < -0.4 is 10.7 Å². The second-order valence-electron chi connectivity index (χ2n) is 6.57. The normalized spacial score (nSPS) is 11.0. The molecule has 1 aromatic heterocycles. The highest BCUT2D eigenvalue weighted by Crippen LogP contribution is 2.30. The molecule has 1 heterocycles. The van der Waals surface area contributed by atoms with Gasteiger partial charge in [0.2, 0.25) is 0 Å². The van der Waals surface area contributed by atoms with Gasteiger partial charge in [0.15, 0.2) is 11.0 Å². The third-order valence-corrected chi connectivity index (χ3v) is 6.46. The number of carbonyl (C=O) groups excluding carboxylic acids is 1. The van der Waals surface area contributed by atoms with Crippen molar-refractivity contribution in [2.75, 3.05) is 11.1 Å². The summed E-state index contributed by atoms with van der Waals surface area (Å²) in [6.07, 6.45) is 3.11. The summed E-state index contributed by atoms with van der Waals surface area (Å²) >= 11 is 13.8. The van der Waals surface area contributed by atoms with Crippen LogP contribution in [0.4, 0.5) is 5.69 Å². The van der Waals surface area contributed by atoms with Crippen molar-refractivity contribution in [3.8, 4) is 5.75 Å². The third-order valence-electron chi connectivity index (χ3n) is 4.18. The Morgan fingerprint density at radius 2 is 2.03 bits per heavy atom. The second kappa shape index (κ2) is 12.2. The Hall–Kier alpha value is -2.34. The Balaban J connectivity index is 1.57. The minimum atomic E-state index is -0.321. The molecule has 12 heteroatoms. The van der Waals surface area contributed by atoms with Crippen molar-refractivity contribution >= 4 is 73.0 Å². The molecule has 0 aliphatic heterocycles.